The molecule has 0 saturated heterocycles. The summed E-state index contributed by atoms with van der Waals surface area (Å²) in [5.41, 5.74) is -0.265. The van der Waals surface area contributed by atoms with Gasteiger partial charge in [-0.3, -0.25) is 4.79 Å². The Morgan fingerprint density at radius 1 is 1.47 bits per heavy atom. The van der Waals surface area contributed by atoms with E-state index in [0.29, 0.717) is 24.2 Å². The maximum Gasteiger partial charge on any atom is 0.306 e. The van der Waals surface area contributed by atoms with E-state index in [4.69, 9.17) is 4.74 Å². The molecule has 1 aliphatic rings. The minimum atomic E-state index is -0.265. The average molecular weight is 242 g/mol. The van der Waals surface area contributed by atoms with Gasteiger partial charge in [0.2, 0.25) is 0 Å². The van der Waals surface area contributed by atoms with Gasteiger partial charge in [-0.25, -0.2) is 0 Å². The zero-order valence-corrected chi connectivity index (χ0v) is 11.5. The number of carbonyl (C=O) groups excluding carboxylic acids is 1. The van der Waals surface area contributed by atoms with E-state index in [-0.39, 0.29) is 18.0 Å². The zero-order chi connectivity index (χ0) is 13.1. The van der Waals surface area contributed by atoms with Crippen LogP contribution in [0.1, 0.15) is 46.5 Å². The van der Waals surface area contributed by atoms with E-state index in [1.165, 1.54) is 13.5 Å². The molecular weight excluding hydrogens is 216 g/mol. The molecule has 1 fully saturated rings. The van der Waals surface area contributed by atoms with Gasteiger partial charge in [0, 0.05) is 12.0 Å². The van der Waals surface area contributed by atoms with Crippen LogP contribution in [0.3, 0.4) is 0 Å². The molecule has 0 amide bonds. The first kappa shape index (κ1) is 14.5. The number of rotatable bonds is 4. The number of aliphatic hydroxyl groups excluding tert-OH is 1. The molecule has 3 heteroatoms. The highest BCUT2D eigenvalue weighted by Crippen LogP contribution is 2.49. The SMILES string of the molecule is COC(=O)CC1(CO)C[C@H](C)CC[C@H]1C(C)C. The molecule has 100 valence electrons. The summed E-state index contributed by atoms with van der Waals surface area (Å²) in [5.74, 6) is 1.31. The van der Waals surface area contributed by atoms with Gasteiger partial charge in [0.05, 0.1) is 13.5 Å². The van der Waals surface area contributed by atoms with Crippen molar-refractivity contribution in [2.45, 2.75) is 46.5 Å². The molecule has 3 atom stereocenters. The largest absolute Gasteiger partial charge is 0.469 e. The molecule has 17 heavy (non-hydrogen) atoms. The Balaban J connectivity index is 2.91. The highest BCUT2D eigenvalue weighted by atomic mass is 16.5. The Kier molecular flexibility index (Phi) is 4.99. The van der Waals surface area contributed by atoms with E-state index in [9.17, 15) is 9.90 Å². The van der Waals surface area contributed by atoms with Gasteiger partial charge in [0.25, 0.3) is 0 Å². The number of esters is 1. The number of hydrogen-bond acceptors (Lipinski definition) is 3. The average Bonchev–Trinajstić information content (AvgIpc) is 2.28. The number of ether oxygens (including phenoxy) is 1. The Labute approximate surface area is 105 Å². The lowest BCUT2D eigenvalue weighted by Gasteiger charge is -2.47. The minimum Gasteiger partial charge on any atom is -0.469 e. The molecule has 0 aromatic heterocycles. The number of hydrogen-bond donors (Lipinski definition) is 1. The fourth-order valence-corrected chi connectivity index (χ4v) is 3.56. The topological polar surface area (TPSA) is 46.5 Å². The Morgan fingerprint density at radius 2 is 2.12 bits per heavy atom. The summed E-state index contributed by atoms with van der Waals surface area (Å²) < 4.78 is 4.79. The lowest BCUT2D eigenvalue weighted by molar-refractivity contribution is -0.148. The summed E-state index contributed by atoms with van der Waals surface area (Å²) >= 11 is 0. The Bertz CT molecular complexity index is 262. The first-order valence-electron chi connectivity index (χ1n) is 6.63. The Hall–Kier alpha value is -0.570. The fraction of sp³-hybridized carbons (Fsp3) is 0.929. The summed E-state index contributed by atoms with van der Waals surface area (Å²) in [7, 11) is 1.42. The smallest absolute Gasteiger partial charge is 0.306 e. The molecule has 0 radical (unpaired) electrons. The highest BCUT2D eigenvalue weighted by molar-refractivity contribution is 5.70. The van der Waals surface area contributed by atoms with Crippen LogP contribution in [0, 0.1) is 23.2 Å². The van der Waals surface area contributed by atoms with Gasteiger partial charge in [0.1, 0.15) is 0 Å². The monoisotopic (exact) mass is 242 g/mol. The fourth-order valence-electron chi connectivity index (χ4n) is 3.56. The second-order valence-corrected chi connectivity index (χ2v) is 6.01. The van der Waals surface area contributed by atoms with Crippen molar-refractivity contribution in [2.24, 2.45) is 23.2 Å². The number of carbonyl (C=O) groups is 1. The summed E-state index contributed by atoms with van der Waals surface area (Å²) in [4.78, 5) is 11.6. The maximum absolute atomic E-state index is 11.6. The molecule has 1 N–H and O–H groups in total. The Morgan fingerprint density at radius 3 is 2.59 bits per heavy atom. The molecule has 1 unspecified atom stereocenters. The molecule has 1 aliphatic carbocycles. The second-order valence-electron chi connectivity index (χ2n) is 6.01. The third kappa shape index (κ3) is 3.21. The maximum atomic E-state index is 11.6. The normalized spacial score (nSPS) is 33.8. The van der Waals surface area contributed by atoms with Crippen LogP contribution in [0.25, 0.3) is 0 Å². The van der Waals surface area contributed by atoms with Crippen LogP contribution in [0.4, 0.5) is 0 Å². The van der Waals surface area contributed by atoms with Crippen molar-refractivity contribution in [3.8, 4) is 0 Å². The minimum absolute atomic E-state index is 0.0925. The van der Waals surface area contributed by atoms with Crippen molar-refractivity contribution in [2.75, 3.05) is 13.7 Å². The van der Waals surface area contributed by atoms with Crippen molar-refractivity contribution in [3.05, 3.63) is 0 Å². The van der Waals surface area contributed by atoms with E-state index in [1.54, 1.807) is 0 Å². The van der Waals surface area contributed by atoms with Crippen molar-refractivity contribution in [3.63, 3.8) is 0 Å². The lowest BCUT2D eigenvalue weighted by Crippen LogP contribution is -2.44. The van der Waals surface area contributed by atoms with Crippen LogP contribution >= 0.6 is 0 Å². The van der Waals surface area contributed by atoms with E-state index in [0.717, 1.165) is 12.8 Å². The first-order chi connectivity index (χ1) is 7.95. The predicted molar refractivity (Wildman–Crippen MR) is 67.5 cm³/mol. The second kappa shape index (κ2) is 5.85. The van der Waals surface area contributed by atoms with Crippen molar-refractivity contribution >= 4 is 5.97 Å². The molecule has 3 nitrogen and oxygen atoms in total. The summed E-state index contributed by atoms with van der Waals surface area (Å²) in [6.45, 7) is 6.66. The molecule has 0 heterocycles. The van der Waals surface area contributed by atoms with E-state index in [2.05, 4.69) is 20.8 Å². The third-order valence-corrected chi connectivity index (χ3v) is 4.36. The van der Waals surface area contributed by atoms with Crippen molar-refractivity contribution in [1.82, 2.24) is 0 Å². The lowest BCUT2D eigenvalue weighted by atomic mass is 9.59. The molecule has 1 saturated carbocycles. The third-order valence-electron chi connectivity index (χ3n) is 4.36. The van der Waals surface area contributed by atoms with Crippen LogP contribution in [0.2, 0.25) is 0 Å². The van der Waals surface area contributed by atoms with Crippen molar-refractivity contribution in [1.29, 1.82) is 0 Å². The van der Waals surface area contributed by atoms with Crippen LogP contribution in [-0.2, 0) is 9.53 Å². The van der Waals surface area contributed by atoms with E-state index >= 15 is 0 Å². The highest BCUT2D eigenvalue weighted by Gasteiger charge is 2.45. The molecule has 0 spiro atoms. The van der Waals surface area contributed by atoms with Gasteiger partial charge < -0.3 is 9.84 Å². The molecule has 1 rings (SSSR count). The predicted octanol–water partition coefficient (Wildman–Crippen LogP) is 2.62. The standard InChI is InChI=1S/C14H26O3/c1-10(2)12-6-5-11(3)7-14(12,9-15)8-13(16)17-4/h10-12,15H,5-9H2,1-4H3/t11-,12+,14?/m1/s1. The van der Waals surface area contributed by atoms with Crippen LogP contribution in [0.15, 0.2) is 0 Å². The van der Waals surface area contributed by atoms with E-state index < -0.39 is 0 Å². The van der Waals surface area contributed by atoms with Crippen LogP contribution in [0.5, 0.6) is 0 Å². The first-order valence-corrected chi connectivity index (χ1v) is 6.63. The summed E-state index contributed by atoms with van der Waals surface area (Å²) in [6.07, 6.45) is 3.59. The number of aliphatic hydroxyl groups is 1. The van der Waals surface area contributed by atoms with Gasteiger partial charge in [-0.2, -0.15) is 0 Å². The number of methoxy groups -OCH3 is 1. The summed E-state index contributed by atoms with van der Waals surface area (Å²) in [5, 5.41) is 9.82. The van der Waals surface area contributed by atoms with Crippen molar-refractivity contribution < 1.29 is 14.6 Å². The zero-order valence-electron chi connectivity index (χ0n) is 11.5. The molecular formula is C14H26O3. The van der Waals surface area contributed by atoms with E-state index in [1.807, 2.05) is 0 Å². The summed E-state index contributed by atoms with van der Waals surface area (Å²) in [6, 6.07) is 0. The van der Waals surface area contributed by atoms with Gasteiger partial charge in [-0.05, 0) is 30.6 Å². The van der Waals surface area contributed by atoms with Crippen LogP contribution < -0.4 is 0 Å². The molecule has 0 aromatic carbocycles. The molecule has 0 bridgehead atoms. The van der Waals surface area contributed by atoms with Gasteiger partial charge in [-0.1, -0.05) is 27.2 Å². The quantitative estimate of drug-likeness (QED) is 0.771. The van der Waals surface area contributed by atoms with Gasteiger partial charge in [0.15, 0.2) is 0 Å². The van der Waals surface area contributed by atoms with Crippen LogP contribution in [-0.4, -0.2) is 24.8 Å². The molecule has 0 aromatic rings. The van der Waals surface area contributed by atoms with Gasteiger partial charge in [-0.15, -0.1) is 0 Å². The van der Waals surface area contributed by atoms with Gasteiger partial charge >= 0.3 is 5.97 Å². The molecule has 0 aliphatic heterocycles.